The molecule has 0 aliphatic heterocycles. The molecule has 0 aromatic carbocycles. The van der Waals surface area contributed by atoms with Gasteiger partial charge in [0.1, 0.15) is 6.33 Å². The van der Waals surface area contributed by atoms with Crippen LogP contribution in [0.4, 0.5) is 5.82 Å². The fraction of sp³-hybridized carbons (Fsp3) is 0.583. The van der Waals surface area contributed by atoms with Gasteiger partial charge in [-0.25, -0.2) is 4.98 Å². The minimum atomic E-state index is 0.587. The van der Waals surface area contributed by atoms with Crippen molar-refractivity contribution in [1.82, 2.24) is 19.6 Å². The Morgan fingerprint density at radius 2 is 2.33 bits per heavy atom. The summed E-state index contributed by atoms with van der Waals surface area (Å²) >= 11 is 0. The third-order valence-corrected chi connectivity index (χ3v) is 2.42. The Labute approximate surface area is 106 Å². The van der Waals surface area contributed by atoms with Gasteiger partial charge in [0.15, 0.2) is 5.82 Å². The Bertz CT molecular complexity index is 482. The molecule has 0 atom stereocenters. The van der Waals surface area contributed by atoms with E-state index in [1.165, 1.54) is 0 Å². The zero-order valence-electron chi connectivity index (χ0n) is 10.8. The first-order chi connectivity index (χ1) is 8.77. The summed E-state index contributed by atoms with van der Waals surface area (Å²) in [4.78, 5) is 4.25. The molecule has 6 heteroatoms. The lowest BCUT2D eigenvalue weighted by Crippen LogP contribution is -2.10. The second-order valence-electron chi connectivity index (χ2n) is 4.59. The van der Waals surface area contributed by atoms with E-state index < -0.39 is 0 Å². The molecule has 2 aromatic heterocycles. The highest BCUT2D eigenvalue weighted by Crippen LogP contribution is 2.09. The smallest absolute Gasteiger partial charge is 0.203 e. The van der Waals surface area contributed by atoms with Crippen LogP contribution in [-0.2, 0) is 4.74 Å². The molecule has 0 saturated heterocycles. The van der Waals surface area contributed by atoms with Gasteiger partial charge in [-0.05, 0) is 12.3 Å². The summed E-state index contributed by atoms with van der Waals surface area (Å²) in [6, 6.07) is 0. The van der Waals surface area contributed by atoms with E-state index in [-0.39, 0.29) is 0 Å². The van der Waals surface area contributed by atoms with E-state index in [1.807, 2.05) is 10.6 Å². The summed E-state index contributed by atoms with van der Waals surface area (Å²) in [5, 5.41) is 11.1. The average Bonchev–Trinajstić information content (AvgIpc) is 2.82. The lowest BCUT2D eigenvalue weighted by atomic mass is 10.2. The van der Waals surface area contributed by atoms with Gasteiger partial charge >= 0.3 is 0 Å². The summed E-state index contributed by atoms with van der Waals surface area (Å²) in [7, 11) is 0. The summed E-state index contributed by atoms with van der Waals surface area (Å²) in [6.07, 6.45) is 6.16. The second-order valence-corrected chi connectivity index (χ2v) is 4.59. The third-order valence-electron chi connectivity index (χ3n) is 2.42. The Morgan fingerprint density at radius 3 is 3.17 bits per heavy atom. The Morgan fingerprint density at radius 1 is 1.44 bits per heavy atom. The van der Waals surface area contributed by atoms with Crippen molar-refractivity contribution < 1.29 is 4.74 Å². The lowest BCUT2D eigenvalue weighted by Gasteiger charge is -2.08. The van der Waals surface area contributed by atoms with Gasteiger partial charge in [-0.3, -0.25) is 4.40 Å². The number of fused-ring (bicyclic) bond motifs is 1. The zero-order valence-corrected chi connectivity index (χ0v) is 10.8. The standard InChI is InChI=1S/C12H19N5O/c1-10(2)8-18-7-3-4-13-11-12-16-15-9-17(12)6-5-14-11/h5-6,9-10H,3-4,7-8H2,1-2H3,(H,13,14). The van der Waals surface area contributed by atoms with Crippen LogP contribution in [0.1, 0.15) is 20.3 Å². The minimum Gasteiger partial charge on any atom is -0.381 e. The molecule has 1 N–H and O–H groups in total. The molecular formula is C12H19N5O. The molecule has 98 valence electrons. The van der Waals surface area contributed by atoms with Gasteiger partial charge < -0.3 is 10.1 Å². The Kier molecular flexibility index (Phi) is 4.46. The van der Waals surface area contributed by atoms with E-state index in [2.05, 4.69) is 34.3 Å². The summed E-state index contributed by atoms with van der Waals surface area (Å²) in [6.45, 7) is 6.69. The number of ether oxygens (including phenoxy) is 1. The molecule has 0 aliphatic carbocycles. The molecule has 0 radical (unpaired) electrons. The quantitative estimate of drug-likeness (QED) is 0.755. The van der Waals surface area contributed by atoms with Gasteiger partial charge in [0.2, 0.25) is 5.65 Å². The van der Waals surface area contributed by atoms with Crippen LogP contribution in [-0.4, -0.2) is 39.3 Å². The fourth-order valence-corrected chi connectivity index (χ4v) is 1.58. The monoisotopic (exact) mass is 249 g/mol. The molecule has 0 unspecified atom stereocenters. The SMILES string of the molecule is CC(C)COCCCNc1nccn2cnnc12. The van der Waals surface area contributed by atoms with Crippen LogP contribution < -0.4 is 5.32 Å². The van der Waals surface area contributed by atoms with Crippen molar-refractivity contribution in [3.05, 3.63) is 18.7 Å². The van der Waals surface area contributed by atoms with Crippen molar-refractivity contribution in [2.75, 3.05) is 25.1 Å². The van der Waals surface area contributed by atoms with Gasteiger partial charge in [-0.1, -0.05) is 13.8 Å². The van der Waals surface area contributed by atoms with E-state index in [4.69, 9.17) is 4.74 Å². The summed E-state index contributed by atoms with van der Waals surface area (Å²) < 4.78 is 7.35. The second kappa shape index (κ2) is 6.30. The maximum atomic E-state index is 5.51. The zero-order chi connectivity index (χ0) is 12.8. The maximum absolute atomic E-state index is 5.51. The van der Waals surface area contributed by atoms with Gasteiger partial charge in [0, 0.05) is 32.2 Å². The van der Waals surface area contributed by atoms with Crippen molar-refractivity contribution in [3.8, 4) is 0 Å². The molecule has 2 aromatic rings. The van der Waals surface area contributed by atoms with E-state index in [9.17, 15) is 0 Å². The van der Waals surface area contributed by atoms with Crippen molar-refractivity contribution >= 4 is 11.5 Å². The molecule has 2 rings (SSSR count). The van der Waals surface area contributed by atoms with Crippen LogP contribution >= 0.6 is 0 Å². The summed E-state index contributed by atoms with van der Waals surface area (Å²) in [5.74, 6) is 1.35. The Hall–Kier alpha value is -1.69. The van der Waals surface area contributed by atoms with Gasteiger partial charge in [-0.15, -0.1) is 10.2 Å². The first-order valence-corrected chi connectivity index (χ1v) is 6.23. The number of hydrogen-bond donors (Lipinski definition) is 1. The average molecular weight is 249 g/mol. The Balaban J connectivity index is 1.75. The molecule has 2 heterocycles. The first-order valence-electron chi connectivity index (χ1n) is 6.23. The molecular weight excluding hydrogens is 230 g/mol. The number of anilines is 1. The normalized spacial score (nSPS) is 11.3. The van der Waals surface area contributed by atoms with E-state index >= 15 is 0 Å². The van der Waals surface area contributed by atoms with Crippen molar-refractivity contribution in [2.24, 2.45) is 5.92 Å². The van der Waals surface area contributed by atoms with Gasteiger partial charge in [0.05, 0.1) is 0 Å². The highest BCUT2D eigenvalue weighted by Gasteiger charge is 2.03. The predicted molar refractivity (Wildman–Crippen MR) is 69.5 cm³/mol. The molecule has 0 bridgehead atoms. The number of rotatable bonds is 7. The van der Waals surface area contributed by atoms with Crippen LogP contribution in [0.5, 0.6) is 0 Å². The third kappa shape index (κ3) is 3.40. The van der Waals surface area contributed by atoms with Crippen LogP contribution in [0.2, 0.25) is 0 Å². The van der Waals surface area contributed by atoms with Crippen LogP contribution in [0, 0.1) is 5.92 Å². The molecule has 6 nitrogen and oxygen atoms in total. The fourth-order valence-electron chi connectivity index (χ4n) is 1.58. The van der Waals surface area contributed by atoms with Gasteiger partial charge in [0.25, 0.3) is 0 Å². The number of aromatic nitrogens is 4. The topological polar surface area (TPSA) is 64.3 Å². The van der Waals surface area contributed by atoms with Gasteiger partial charge in [-0.2, -0.15) is 0 Å². The first kappa shape index (κ1) is 12.8. The van der Waals surface area contributed by atoms with E-state index in [0.29, 0.717) is 5.92 Å². The van der Waals surface area contributed by atoms with E-state index in [1.54, 1.807) is 12.5 Å². The molecule has 0 aliphatic rings. The van der Waals surface area contributed by atoms with Crippen LogP contribution in [0.25, 0.3) is 5.65 Å². The number of nitrogens with zero attached hydrogens (tertiary/aromatic N) is 4. The number of hydrogen-bond acceptors (Lipinski definition) is 5. The maximum Gasteiger partial charge on any atom is 0.203 e. The molecule has 0 amide bonds. The van der Waals surface area contributed by atoms with Crippen LogP contribution in [0.3, 0.4) is 0 Å². The lowest BCUT2D eigenvalue weighted by molar-refractivity contribution is 0.110. The highest BCUT2D eigenvalue weighted by molar-refractivity contribution is 5.61. The minimum absolute atomic E-state index is 0.587. The predicted octanol–water partition coefficient (Wildman–Crippen LogP) is 1.60. The molecule has 0 saturated carbocycles. The molecule has 18 heavy (non-hydrogen) atoms. The molecule has 0 spiro atoms. The molecule has 0 fully saturated rings. The van der Waals surface area contributed by atoms with Crippen molar-refractivity contribution in [3.63, 3.8) is 0 Å². The van der Waals surface area contributed by atoms with E-state index in [0.717, 1.165) is 37.6 Å². The summed E-state index contributed by atoms with van der Waals surface area (Å²) in [5.41, 5.74) is 0.751. The highest BCUT2D eigenvalue weighted by atomic mass is 16.5. The van der Waals surface area contributed by atoms with Crippen molar-refractivity contribution in [1.29, 1.82) is 0 Å². The van der Waals surface area contributed by atoms with Crippen molar-refractivity contribution in [2.45, 2.75) is 20.3 Å². The van der Waals surface area contributed by atoms with Crippen LogP contribution in [0.15, 0.2) is 18.7 Å². The number of nitrogens with one attached hydrogen (secondary N) is 1. The largest absolute Gasteiger partial charge is 0.381 e.